The van der Waals surface area contributed by atoms with E-state index < -0.39 is 12.0 Å². The van der Waals surface area contributed by atoms with Crippen molar-refractivity contribution in [3.63, 3.8) is 0 Å². The fourth-order valence-electron chi connectivity index (χ4n) is 3.15. The minimum atomic E-state index is -0.960. The number of hydrogen-bond acceptors (Lipinski definition) is 4. The van der Waals surface area contributed by atoms with Crippen molar-refractivity contribution in [3.8, 4) is 11.5 Å². The maximum Gasteiger partial charge on any atom is 0.305 e. The van der Waals surface area contributed by atoms with E-state index in [1.807, 2.05) is 0 Å². The van der Waals surface area contributed by atoms with E-state index in [-0.39, 0.29) is 18.2 Å². The fraction of sp³-hybridized carbons (Fsp3) is 0.556. The Morgan fingerprint density at radius 3 is 2.42 bits per heavy atom. The molecule has 132 valence electrons. The van der Waals surface area contributed by atoms with E-state index in [0.717, 1.165) is 32.1 Å². The van der Waals surface area contributed by atoms with Crippen LogP contribution in [0.1, 0.15) is 50.1 Å². The maximum atomic E-state index is 12.5. The van der Waals surface area contributed by atoms with Crippen LogP contribution in [-0.2, 0) is 9.59 Å². The smallest absolute Gasteiger partial charge is 0.305 e. The molecule has 24 heavy (non-hydrogen) atoms. The molecule has 1 atom stereocenters. The summed E-state index contributed by atoms with van der Waals surface area (Å²) in [6, 6.07) is 4.61. The third-order valence-electron chi connectivity index (χ3n) is 4.48. The minimum absolute atomic E-state index is 0.0183. The van der Waals surface area contributed by atoms with Gasteiger partial charge < -0.3 is 19.9 Å². The minimum Gasteiger partial charge on any atom is -0.493 e. The maximum absolute atomic E-state index is 12.5. The lowest BCUT2D eigenvalue weighted by Gasteiger charge is -2.25. The quantitative estimate of drug-likeness (QED) is 0.800. The Labute approximate surface area is 142 Å². The number of nitrogens with one attached hydrogen (secondary N) is 1. The van der Waals surface area contributed by atoms with E-state index in [4.69, 9.17) is 9.47 Å². The Hall–Kier alpha value is -2.24. The molecule has 1 saturated carbocycles. The number of carboxylic acids is 1. The van der Waals surface area contributed by atoms with E-state index >= 15 is 0 Å². The van der Waals surface area contributed by atoms with E-state index in [2.05, 4.69) is 5.32 Å². The third-order valence-corrected chi connectivity index (χ3v) is 4.48. The van der Waals surface area contributed by atoms with E-state index in [0.29, 0.717) is 17.1 Å². The van der Waals surface area contributed by atoms with Gasteiger partial charge in [0.25, 0.3) is 0 Å². The molecule has 6 nitrogen and oxygen atoms in total. The largest absolute Gasteiger partial charge is 0.493 e. The van der Waals surface area contributed by atoms with E-state index in [1.54, 1.807) is 18.2 Å². The van der Waals surface area contributed by atoms with Crippen LogP contribution in [0.5, 0.6) is 11.5 Å². The second-order valence-electron chi connectivity index (χ2n) is 6.11. The first-order chi connectivity index (χ1) is 11.5. The summed E-state index contributed by atoms with van der Waals surface area (Å²) in [5.74, 6) is 0.0379. The van der Waals surface area contributed by atoms with Crippen LogP contribution in [0.3, 0.4) is 0 Å². The third kappa shape index (κ3) is 4.63. The lowest BCUT2D eigenvalue weighted by atomic mass is 9.88. The monoisotopic (exact) mass is 335 g/mol. The zero-order valence-electron chi connectivity index (χ0n) is 14.2. The fourth-order valence-corrected chi connectivity index (χ4v) is 3.15. The average Bonchev–Trinajstić information content (AvgIpc) is 2.60. The number of amides is 1. The molecule has 0 saturated heterocycles. The van der Waals surface area contributed by atoms with Crippen molar-refractivity contribution < 1.29 is 24.2 Å². The molecule has 2 N–H and O–H groups in total. The summed E-state index contributed by atoms with van der Waals surface area (Å²) >= 11 is 0. The van der Waals surface area contributed by atoms with Gasteiger partial charge in [0, 0.05) is 5.92 Å². The molecule has 6 heteroatoms. The highest BCUT2D eigenvalue weighted by molar-refractivity contribution is 5.80. The van der Waals surface area contributed by atoms with Gasteiger partial charge in [-0.3, -0.25) is 9.59 Å². The molecule has 0 spiro atoms. The predicted octanol–water partition coefficient (Wildman–Crippen LogP) is 2.92. The molecule has 2 rings (SSSR count). The molecule has 0 heterocycles. The molecule has 1 aliphatic carbocycles. The Morgan fingerprint density at radius 1 is 1.17 bits per heavy atom. The Morgan fingerprint density at radius 2 is 1.83 bits per heavy atom. The highest BCUT2D eigenvalue weighted by atomic mass is 16.5. The summed E-state index contributed by atoms with van der Waals surface area (Å²) in [5, 5.41) is 12.1. The Bertz CT molecular complexity index is 581. The van der Waals surface area contributed by atoms with Crippen molar-refractivity contribution in [2.24, 2.45) is 5.92 Å². The molecular formula is C18H25NO5. The number of carbonyl (C=O) groups is 2. The van der Waals surface area contributed by atoms with Crippen molar-refractivity contribution in [2.45, 2.75) is 44.6 Å². The van der Waals surface area contributed by atoms with E-state index in [1.165, 1.54) is 14.2 Å². The standard InChI is InChI=1S/C18H25NO5/c1-23-15-9-8-13(10-16(15)24-2)14(11-17(20)21)19-18(22)12-6-4-3-5-7-12/h8-10,12,14H,3-7,11H2,1-2H3,(H,19,22)(H,20,21)/t14-/m0/s1. The van der Waals surface area contributed by atoms with Crippen molar-refractivity contribution in [1.82, 2.24) is 5.32 Å². The van der Waals surface area contributed by atoms with Crippen molar-refractivity contribution >= 4 is 11.9 Å². The van der Waals surface area contributed by atoms with Crippen LogP contribution in [0.2, 0.25) is 0 Å². The summed E-state index contributed by atoms with van der Waals surface area (Å²) in [6.07, 6.45) is 4.84. The molecule has 0 unspecified atom stereocenters. The highest BCUT2D eigenvalue weighted by Gasteiger charge is 2.25. The first-order valence-corrected chi connectivity index (χ1v) is 8.29. The second-order valence-corrected chi connectivity index (χ2v) is 6.11. The molecule has 0 aliphatic heterocycles. The van der Waals surface area contributed by atoms with Gasteiger partial charge >= 0.3 is 5.97 Å². The molecule has 1 aliphatic rings. The SMILES string of the molecule is COc1ccc([C@H](CC(=O)O)NC(=O)C2CCCCC2)cc1OC. The molecule has 0 bridgehead atoms. The number of carbonyl (C=O) groups excluding carboxylic acids is 1. The van der Waals surface area contributed by atoms with Crippen molar-refractivity contribution in [3.05, 3.63) is 23.8 Å². The number of ether oxygens (including phenoxy) is 2. The highest BCUT2D eigenvalue weighted by Crippen LogP contribution is 2.31. The Balaban J connectivity index is 2.18. The van der Waals surface area contributed by atoms with Gasteiger partial charge in [-0.15, -0.1) is 0 Å². The summed E-state index contributed by atoms with van der Waals surface area (Å²) in [4.78, 5) is 23.7. The molecule has 1 amide bonds. The van der Waals surface area contributed by atoms with Crippen LogP contribution in [0.25, 0.3) is 0 Å². The molecule has 0 radical (unpaired) electrons. The van der Waals surface area contributed by atoms with Crippen LogP contribution in [-0.4, -0.2) is 31.2 Å². The predicted molar refractivity (Wildman–Crippen MR) is 89.3 cm³/mol. The summed E-state index contributed by atoms with van der Waals surface area (Å²) in [6.45, 7) is 0. The van der Waals surface area contributed by atoms with Gasteiger partial charge in [0.05, 0.1) is 26.7 Å². The number of methoxy groups -OCH3 is 2. The van der Waals surface area contributed by atoms with Gasteiger partial charge in [-0.25, -0.2) is 0 Å². The van der Waals surface area contributed by atoms with Gasteiger partial charge in [-0.1, -0.05) is 25.3 Å². The lowest BCUT2D eigenvalue weighted by Crippen LogP contribution is -2.35. The lowest BCUT2D eigenvalue weighted by molar-refractivity contribution is -0.138. The zero-order chi connectivity index (χ0) is 17.5. The summed E-state index contributed by atoms with van der Waals surface area (Å²) < 4.78 is 10.5. The van der Waals surface area contributed by atoms with Crippen LogP contribution in [0.4, 0.5) is 0 Å². The number of hydrogen-bond donors (Lipinski definition) is 2. The first-order valence-electron chi connectivity index (χ1n) is 8.29. The van der Waals surface area contributed by atoms with Gasteiger partial charge in [0.1, 0.15) is 0 Å². The van der Waals surface area contributed by atoms with Crippen LogP contribution >= 0.6 is 0 Å². The van der Waals surface area contributed by atoms with Crippen LogP contribution in [0, 0.1) is 5.92 Å². The number of rotatable bonds is 7. The van der Waals surface area contributed by atoms with Crippen LogP contribution in [0.15, 0.2) is 18.2 Å². The molecule has 1 fully saturated rings. The topological polar surface area (TPSA) is 84.9 Å². The molecule has 0 aromatic heterocycles. The van der Waals surface area contributed by atoms with Gasteiger partial charge in [0.2, 0.25) is 5.91 Å². The van der Waals surface area contributed by atoms with Crippen molar-refractivity contribution in [2.75, 3.05) is 14.2 Å². The molecular weight excluding hydrogens is 310 g/mol. The second kappa shape index (κ2) is 8.57. The summed E-state index contributed by atoms with van der Waals surface area (Å²) in [7, 11) is 3.06. The van der Waals surface area contributed by atoms with Gasteiger partial charge in [-0.2, -0.15) is 0 Å². The molecule has 1 aromatic carbocycles. The normalized spacial score (nSPS) is 16.2. The number of carboxylic acid groups (broad SMARTS) is 1. The van der Waals surface area contributed by atoms with E-state index in [9.17, 15) is 14.7 Å². The van der Waals surface area contributed by atoms with Gasteiger partial charge in [-0.05, 0) is 30.5 Å². The van der Waals surface area contributed by atoms with Crippen molar-refractivity contribution in [1.29, 1.82) is 0 Å². The van der Waals surface area contributed by atoms with Gasteiger partial charge in [0.15, 0.2) is 11.5 Å². The average molecular weight is 335 g/mol. The number of aliphatic carboxylic acids is 1. The van der Waals surface area contributed by atoms with Crippen LogP contribution < -0.4 is 14.8 Å². The number of benzene rings is 1. The zero-order valence-corrected chi connectivity index (χ0v) is 14.2. The first kappa shape index (κ1) is 18.1. The molecule has 1 aromatic rings. The summed E-state index contributed by atoms with van der Waals surface area (Å²) in [5.41, 5.74) is 0.694. The Kier molecular flexibility index (Phi) is 6.46.